The Hall–Kier alpha value is -3.73. The molecule has 3 aromatic rings. The van der Waals surface area contributed by atoms with Gasteiger partial charge < -0.3 is 9.47 Å². The zero-order chi connectivity index (χ0) is 28.4. The first kappa shape index (κ1) is 30.8. The average molecular weight is 543 g/mol. The van der Waals surface area contributed by atoms with Crippen molar-refractivity contribution in [1.82, 2.24) is 0 Å². The van der Waals surface area contributed by atoms with Gasteiger partial charge in [0.15, 0.2) is 11.6 Å². The molecule has 0 radical (unpaired) electrons. The van der Waals surface area contributed by atoms with Gasteiger partial charge in [-0.15, -0.1) is 0 Å². The van der Waals surface area contributed by atoms with Gasteiger partial charge in [0.05, 0.1) is 6.42 Å². The normalized spacial score (nSPS) is 11.5. The molecule has 0 spiro atoms. The van der Waals surface area contributed by atoms with E-state index in [1.807, 2.05) is 84.9 Å². The Labute approximate surface area is 238 Å². The minimum atomic E-state index is -1.25. The maximum absolute atomic E-state index is 13.2. The monoisotopic (exact) mass is 542 g/mol. The van der Waals surface area contributed by atoms with Gasteiger partial charge in [-0.2, -0.15) is 0 Å². The van der Waals surface area contributed by atoms with Gasteiger partial charge >= 0.3 is 5.97 Å². The van der Waals surface area contributed by atoms with E-state index in [9.17, 15) is 14.4 Å². The number of carbonyl (C=O) groups excluding carboxylic acids is 3. The third-order valence-corrected chi connectivity index (χ3v) is 6.90. The van der Waals surface area contributed by atoms with Crippen molar-refractivity contribution >= 4 is 17.5 Å². The van der Waals surface area contributed by atoms with Crippen LogP contribution in [0.25, 0.3) is 0 Å². The molecule has 40 heavy (non-hydrogen) atoms. The number of esters is 1. The second-order valence-corrected chi connectivity index (χ2v) is 10.2. The molecule has 3 aromatic carbocycles. The molecule has 1 atom stereocenters. The first-order chi connectivity index (χ1) is 19.5. The van der Waals surface area contributed by atoms with E-state index in [4.69, 9.17) is 9.47 Å². The molecule has 0 bridgehead atoms. The minimum Gasteiger partial charge on any atom is -0.475 e. The van der Waals surface area contributed by atoms with Crippen LogP contribution in [0, 0.1) is 0 Å². The highest BCUT2D eigenvalue weighted by molar-refractivity contribution is 6.06. The molecule has 1 unspecified atom stereocenters. The first-order valence-electron chi connectivity index (χ1n) is 14.6. The number of carbonyl (C=O) groups is 3. The number of benzene rings is 3. The number of hydrogen-bond donors (Lipinski definition) is 0. The number of Topliss-reactive ketones (excluding diaryl/α,β-unsaturated/α-hetero) is 2. The number of rotatable bonds is 19. The van der Waals surface area contributed by atoms with Crippen molar-refractivity contribution < 1.29 is 23.9 Å². The summed E-state index contributed by atoms with van der Waals surface area (Å²) in [6.45, 7) is 2.37. The van der Waals surface area contributed by atoms with Gasteiger partial charge in [0, 0.05) is 12.8 Å². The molecule has 3 rings (SSSR count). The predicted octanol–water partition coefficient (Wildman–Crippen LogP) is 7.63. The second kappa shape index (κ2) is 17.8. The lowest BCUT2D eigenvalue weighted by atomic mass is 10.00. The van der Waals surface area contributed by atoms with Crippen molar-refractivity contribution in [3.05, 3.63) is 102 Å². The first-order valence-corrected chi connectivity index (χ1v) is 14.6. The summed E-state index contributed by atoms with van der Waals surface area (Å²) in [5.41, 5.74) is 3.10. The third-order valence-electron chi connectivity index (χ3n) is 6.90. The molecule has 0 saturated heterocycles. The van der Waals surface area contributed by atoms with Gasteiger partial charge in [-0.25, -0.2) is 0 Å². The molecule has 0 aliphatic carbocycles. The summed E-state index contributed by atoms with van der Waals surface area (Å²) in [5.74, 6) is -0.704. The van der Waals surface area contributed by atoms with E-state index in [1.165, 1.54) is 37.7 Å². The Balaban J connectivity index is 1.55. The number of hydrogen-bond acceptors (Lipinski definition) is 5. The number of ketones is 2. The van der Waals surface area contributed by atoms with Crippen LogP contribution in [0.2, 0.25) is 0 Å². The zero-order valence-electron chi connectivity index (χ0n) is 23.7. The largest absolute Gasteiger partial charge is 0.475 e. The third kappa shape index (κ3) is 11.6. The van der Waals surface area contributed by atoms with Crippen LogP contribution in [-0.2, 0) is 38.6 Å². The van der Waals surface area contributed by atoms with Gasteiger partial charge in [0.25, 0.3) is 0 Å². The molecular formula is C35H42O5. The Morgan fingerprint density at radius 1 is 0.600 bits per heavy atom. The standard InChI is InChI=1S/C35H42O5/c1-2-3-4-5-6-9-16-29-19-22-31(23-20-29)40-35(32(36)24-21-28-14-10-7-11-15-28)33(37)25-26-34(38)39-27-30-17-12-8-13-18-30/h7-8,10-15,17-20,22-23,35H,2-6,9,16,21,24-27H2,1H3. The van der Waals surface area contributed by atoms with Crippen LogP contribution in [0.15, 0.2) is 84.9 Å². The van der Waals surface area contributed by atoms with Crippen LogP contribution >= 0.6 is 0 Å². The summed E-state index contributed by atoms with van der Waals surface area (Å²) in [4.78, 5) is 38.6. The van der Waals surface area contributed by atoms with Crippen LogP contribution in [0.5, 0.6) is 5.75 Å². The van der Waals surface area contributed by atoms with Crippen LogP contribution in [0.1, 0.15) is 81.4 Å². The van der Waals surface area contributed by atoms with Crippen molar-refractivity contribution in [2.24, 2.45) is 0 Å². The van der Waals surface area contributed by atoms with Crippen molar-refractivity contribution in [3.63, 3.8) is 0 Å². The quantitative estimate of drug-likeness (QED) is 0.0885. The summed E-state index contributed by atoms with van der Waals surface area (Å²) < 4.78 is 11.3. The van der Waals surface area contributed by atoms with Crippen LogP contribution in [-0.4, -0.2) is 23.6 Å². The van der Waals surface area contributed by atoms with Crippen LogP contribution in [0.3, 0.4) is 0 Å². The lowest BCUT2D eigenvalue weighted by Gasteiger charge is -2.17. The number of ether oxygens (including phenoxy) is 2. The molecule has 5 heteroatoms. The smallest absolute Gasteiger partial charge is 0.306 e. The summed E-state index contributed by atoms with van der Waals surface area (Å²) in [6, 6.07) is 26.7. The van der Waals surface area contributed by atoms with E-state index in [0.29, 0.717) is 12.2 Å². The lowest BCUT2D eigenvalue weighted by molar-refractivity contribution is -0.147. The van der Waals surface area contributed by atoms with Gasteiger partial charge in [0.1, 0.15) is 12.4 Å². The summed E-state index contributed by atoms with van der Waals surface area (Å²) in [7, 11) is 0. The molecular weight excluding hydrogens is 500 g/mol. The van der Waals surface area contributed by atoms with Crippen molar-refractivity contribution in [1.29, 1.82) is 0 Å². The molecule has 0 aliphatic heterocycles. The highest BCUT2D eigenvalue weighted by Crippen LogP contribution is 2.19. The van der Waals surface area contributed by atoms with Crippen LogP contribution < -0.4 is 4.74 Å². The maximum atomic E-state index is 13.2. The fourth-order valence-corrected chi connectivity index (χ4v) is 4.50. The van der Waals surface area contributed by atoms with Crippen molar-refractivity contribution in [2.75, 3.05) is 0 Å². The van der Waals surface area contributed by atoms with Crippen LogP contribution in [0.4, 0.5) is 0 Å². The maximum Gasteiger partial charge on any atom is 0.306 e. The summed E-state index contributed by atoms with van der Waals surface area (Å²) >= 11 is 0. The van der Waals surface area contributed by atoms with E-state index in [0.717, 1.165) is 24.0 Å². The Kier molecular flexibility index (Phi) is 13.7. The van der Waals surface area contributed by atoms with Gasteiger partial charge in [-0.05, 0) is 48.1 Å². The van der Waals surface area contributed by atoms with E-state index in [1.54, 1.807) is 0 Å². The van der Waals surface area contributed by atoms with Crippen molar-refractivity contribution in [2.45, 2.75) is 90.3 Å². The van der Waals surface area contributed by atoms with E-state index >= 15 is 0 Å². The number of aryl methyl sites for hydroxylation is 2. The van der Waals surface area contributed by atoms with Gasteiger partial charge in [0.2, 0.25) is 6.10 Å². The molecule has 0 N–H and O–H groups in total. The fraction of sp³-hybridized carbons (Fsp3) is 0.400. The minimum absolute atomic E-state index is 0.102. The van der Waals surface area contributed by atoms with Crippen molar-refractivity contribution in [3.8, 4) is 5.75 Å². The lowest BCUT2D eigenvalue weighted by Crippen LogP contribution is -2.36. The summed E-state index contributed by atoms with van der Waals surface area (Å²) in [5, 5.41) is 0. The molecule has 0 aliphatic rings. The van der Waals surface area contributed by atoms with E-state index in [2.05, 4.69) is 6.92 Å². The topological polar surface area (TPSA) is 69.7 Å². The van der Waals surface area contributed by atoms with Gasteiger partial charge in [-0.1, -0.05) is 112 Å². The molecule has 0 saturated carbocycles. The van der Waals surface area contributed by atoms with Gasteiger partial charge in [-0.3, -0.25) is 14.4 Å². The van der Waals surface area contributed by atoms with E-state index < -0.39 is 17.9 Å². The molecule has 0 aromatic heterocycles. The molecule has 212 valence electrons. The molecule has 0 amide bonds. The SMILES string of the molecule is CCCCCCCCc1ccc(OC(C(=O)CCC(=O)OCc2ccccc2)C(=O)CCc2ccccc2)cc1. The fourth-order valence-electron chi connectivity index (χ4n) is 4.50. The number of unbranched alkanes of at least 4 members (excludes halogenated alkanes) is 5. The molecule has 0 fully saturated rings. The second-order valence-electron chi connectivity index (χ2n) is 10.2. The zero-order valence-corrected chi connectivity index (χ0v) is 23.7. The Bertz CT molecular complexity index is 1160. The Morgan fingerprint density at radius 2 is 1.18 bits per heavy atom. The average Bonchev–Trinajstić information content (AvgIpc) is 3.00. The molecule has 0 heterocycles. The highest BCUT2D eigenvalue weighted by Gasteiger charge is 2.28. The summed E-state index contributed by atoms with van der Waals surface area (Å²) in [6.07, 6.45) is 7.68. The Morgan fingerprint density at radius 3 is 1.85 bits per heavy atom. The molecule has 5 nitrogen and oxygen atoms in total. The predicted molar refractivity (Wildman–Crippen MR) is 158 cm³/mol. The highest BCUT2D eigenvalue weighted by atomic mass is 16.5. The van der Waals surface area contributed by atoms with E-state index in [-0.39, 0.29) is 31.7 Å².